The molecule has 2 aromatic rings. The molecule has 19 heteroatoms. The van der Waals surface area contributed by atoms with Crippen molar-refractivity contribution in [1.82, 2.24) is 4.98 Å². The number of benzene rings is 1. The Kier molecular flexibility index (Phi) is 6.44. The van der Waals surface area contributed by atoms with E-state index in [0.717, 1.165) is 12.1 Å². The topological polar surface area (TPSA) is 33.1 Å². The van der Waals surface area contributed by atoms with Gasteiger partial charge in [0.15, 0.2) is 0 Å². The predicted molar refractivity (Wildman–Crippen MR) is 83.0 cm³/mol. The number of hydrogen-bond acceptors (Lipinski definition) is 2. The summed E-state index contributed by atoms with van der Waals surface area (Å²) in [6, 6.07) is 2.70. The van der Waals surface area contributed by atoms with Gasteiger partial charge in [0.25, 0.3) is 0 Å². The summed E-state index contributed by atoms with van der Waals surface area (Å²) in [5.41, 5.74) is -2.60. The number of halogens is 17. The van der Waals surface area contributed by atoms with Crippen molar-refractivity contribution in [3.05, 3.63) is 36.2 Å². The average Bonchev–Trinajstić information content (AvgIpc) is 2.72. The second-order valence-corrected chi connectivity index (χ2v) is 7.06. The maximum Gasteiger partial charge on any atom is 0.460 e. The summed E-state index contributed by atoms with van der Waals surface area (Å²) in [4.78, 5) is 2.46. The zero-order valence-corrected chi connectivity index (χ0v) is 16.2. The van der Waals surface area contributed by atoms with E-state index in [2.05, 4.69) is 4.98 Å². The summed E-state index contributed by atoms with van der Waals surface area (Å²) >= 11 is 0. The lowest BCUT2D eigenvalue weighted by Gasteiger charge is -2.42. The molecule has 36 heavy (non-hydrogen) atoms. The van der Waals surface area contributed by atoms with Crippen LogP contribution < -0.4 is 0 Å². The van der Waals surface area contributed by atoms with E-state index in [-0.39, 0.29) is 6.20 Å². The van der Waals surface area contributed by atoms with Crippen molar-refractivity contribution in [2.45, 2.75) is 47.6 Å². The quantitative estimate of drug-likeness (QED) is 0.356. The molecular weight excluding hydrogens is 557 g/mol. The van der Waals surface area contributed by atoms with E-state index in [1.165, 1.54) is 0 Å². The van der Waals surface area contributed by atoms with E-state index in [9.17, 15) is 79.7 Å². The van der Waals surface area contributed by atoms with Gasteiger partial charge in [-0.25, -0.2) is 0 Å². The van der Waals surface area contributed by atoms with E-state index < -0.39 is 69.8 Å². The van der Waals surface area contributed by atoms with Crippen LogP contribution in [0.4, 0.5) is 74.6 Å². The minimum absolute atomic E-state index is 0.107. The third kappa shape index (κ3) is 3.51. The Morgan fingerprint density at radius 3 is 1.28 bits per heavy atom. The molecule has 0 radical (unpaired) electrons. The Labute approximate surface area is 186 Å². The summed E-state index contributed by atoms with van der Waals surface area (Å²) in [6.45, 7) is 0. The number of aromatic hydroxyl groups is 1. The fourth-order valence-corrected chi connectivity index (χ4v) is 2.74. The zero-order chi connectivity index (χ0) is 28.6. The van der Waals surface area contributed by atoms with Crippen LogP contribution in [-0.4, -0.2) is 51.8 Å². The third-order valence-corrected chi connectivity index (χ3v) is 4.79. The van der Waals surface area contributed by atoms with Crippen molar-refractivity contribution in [2.24, 2.45) is 0 Å². The molecule has 1 heterocycles. The van der Waals surface area contributed by atoms with Crippen LogP contribution in [0.5, 0.6) is 5.75 Å². The molecule has 2 nitrogen and oxygen atoms in total. The van der Waals surface area contributed by atoms with Crippen LogP contribution in [0, 0.1) is 0 Å². The van der Waals surface area contributed by atoms with Gasteiger partial charge in [0.1, 0.15) is 11.4 Å². The normalized spacial score (nSPS) is 15.5. The Balaban J connectivity index is 2.76. The molecule has 0 amide bonds. The van der Waals surface area contributed by atoms with Crippen LogP contribution in [0.1, 0.15) is 5.69 Å². The highest BCUT2D eigenvalue weighted by atomic mass is 19.4. The minimum Gasteiger partial charge on any atom is -0.506 e. The molecule has 2 rings (SSSR count). The molecule has 1 aromatic heterocycles. The number of rotatable bonds is 7. The molecule has 0 saturated heterocycles. The number of fused-ring (bicyclic) bond motifs is 1. The fraction of sp³-hybridized carbons (Fsp3) is 0.471. The van der Waals surface area contributed by atoms with E-state index >= 15 is 0 Å². The Morgan fingerprint density at radius 1 is 0.500 bits per heavy atom. The molecule has 204 valence electrons. The van der Waals surface area contributed by atoms with Gasteiger partial charge in [-0.05, 0) is 0 Å². The van der Waals surface area contributed by atoms with Gasteiger partial charge in [-0.2, -0.15) is 74.6 Å². The van der Waals surface area contributed by atoms with Crippen LogP contribution in [0.15, 0.2) is 30.5 Å². The third-order valence-electron chi connectivity index (χ3n) is 4.79. The molecular formula is C17H6F17NO. The second-order valence-electron chi connectivity index (χ2n) is 7.06. The van der Waals surface area contributed by atoms with Crippen molar-refractivity contribution < 1.29 is 79.7 Å². The van der Waals surface area contributed by atoms with Gasteiger partial charge in [-0.3, -0.25) is 4.98 Å². The number of nitrogens with zero attached hydrogens (tertiary/aromatic N) is 1. The lowest BCUT2D eigenvalue weighted by atomic mass is 9.87. The molecule has 0 aliphatic rings. The number of pyridine rings is 1. The van der Waals surface area contributed by atoms with Crippen molar-refractivity contribution >= 4 is 10.8 Å². The molecule has 0 saturated carbocycles. The first-order valence-electron chi connectivity index (χ1n) is 8.53. The minimum atomic E-state index is -8.70. The van der Waals surface area contributed by atoms with E-state index in [4.69, 9.17) is 0 Å². The van der Waals surface area contributed by atoms with Crippen LogP contribution in [0.3, 0.4) is 0 Å². The maximum atomic E-state index is 14.5. The summed E-state index contributed by atoms with van der Waals surface area (Å²) < 4.78 is 228. The molecule has 0 atom stereocenters. The van der Waals surface area contributed by atoms with E-state index in [1.807, 2.05) is 0 Å². The van der Waals surface area contributed by atoms with E-state index in [1.54, 1.807) is 0 Å². The highest BCUT2D eigenvalue weighted by Gasteiger charge is 2.95. The summed E-state index contributed by atoms with van der Waals surface area (Å²) in [6.07, 6.45) is -7.92. The number of aromatic nitrogens is 1. The Morgan fingerprint density at radius 2 is 0.861 bits per heavy atom. The van der Waals surface area contributed by atoms with Crippen molar-refractivity contribution in [2.75, 3.05) is 0 Å². The van der Waals surface area contributed by atoms with Gasteiger partial charge < -0.3 is 5.11 Å². The standard InChI is InChI=1S/C17H6F17NO/c18-10(19,9-7-4-2-1-3-6(7)8(36)5-35-9)11(20,21)12(22,23)13(24,25)14(26,27)15(28,29)16(30,31)17(32,33)34/h1-5,36H. The summed E-state index contributed by atoms with van der Waals surface area (Å²) in [5, 5.41) is 7.24. The smallest absolute Gasteiger partial charge is 0.460 e. The summed E-state index contributed by atoms with van der Waals surface area (Å²) in [5.74, 6) is -58.4. The van der Waals surface area contributed by atoms with Crippen LogP contribution in [0.25, 0.3) is 10.8 Å². The van der Waals surface area contributed by atoms with E-state index in [0.29, 0.717) is 12.1 Å². The predicted octanol–water partition coefficient (Wildman–Crippen LogP) is 7.41. The molecule has 0 unspecified atom stereocenters. The molecule has 0 spiro atoms. The second kappa shape index (κ2) is 7.87. The maximum absolute atomic E-state index is 14.5. The molecule has 0 bridgehead atoms. The first-order chi connectivity index (χ1) is 15.7. The monoisotopic (exact) mass is 563 g/mol. The largest absolute Gasteiger partial charge is 0.506 e. The van der Waals surface area contributed by atoms with Gasteiger partial charge in [0.05, 0.1) is 6.20 Å². The first kappa shape index (κ1) is 29.5. The van der Waals surface area contributed by atoms with Gasteiger partial charge >= 0.3 is 47.6 Å². The molecule has 0 aliphatic carbocycles. The average molecular weight is 563 g/mol. The molecule has 0 fully saturated rings. The van der Waals surface area contributed by atoms with Gasteiger partial charge in [-0.1, -0.05) is 24.3 Å². The lowest BCUT2D eigenvalue weighted by molar-refractivity contribution is -0.462. The highest BCUT2D eigenvalue weighted by Crippen LogP contribution is 2.65. The van der Waals surface area contributed by atoms with Crippen molar-refractivity contribution in [3.63, 3.8) is 0 Å². The van der Waals surface area contributed by atoms with Crippen LogP contribution in [-0.2, 0) is 5.92 Å². The Bertz CT molecular complexity index is 1140. The highest BCUT2D eigenvalue weighted by molar-refractivity contribution is 5.90. The molecule has 1 aromatic carbocycles. The van der Waals surface area contributed by atoms with Crippen molar-refractivity contribution in [3.8, 4) is 5.75 Å². The molecule has 0 aliphatic heterocycles. The molecule has 1 N–H and O–H groups in total. The Hall–Kier alpha value is -2.76. The fourth-order valence-electron chi connectivity index (χ4n) is 2.74. The van der Waals surface area contributed by atoms with Crippen molar-refractivity contribution in [1.29, 1.82) is 0 Å². The zero-order valence-electron chi connectivity index (χ0n) is 16.2. The van der Waals surface area contributed by atoms with Gasteiger partial charge in [-0.15, -0.1) is 0 Å². The number of hydrogen-bond donors (Lipinski definition) is 1. The van der Waals surface area contributed by atoms with Gasteiger partial charge in [0, 0.05) is 10.8 Å². The summed E-state index contributed by atoms with van der Waals surface area (Å²) in [7, 11) is 0. The SMILES string of the molecule is Oc1cnc(C(F)(F)C(F)(F)C(F)(F)C(F)(F)C(F)(F)C(F)(F)C(F)(F)C(F)(F)F)c2ccccc12. The van der Waals surface area contributed by atoms with Crippen LogP contribution >= 0.6 is 0 Å². The first-order valence-corrected chi connectivity index (χ1v) is 8.53. The van der Waals surface area contributed by atoms with Crippen LogP contribution in [0.2, 0.25) is 0 Å². The van der Waals surface area contributed by atoms with Gasteiger partial charge in [0.2, 0.25) is 0 Å². The number of alkyl halides is 17. The lowest BCUT2D eigenvalue weighted by Crippen LogP contribution is -2.74.